The maximum Gasteiger partial charge on any atom is 0.224 e. The van der Waals surface area contributed by atoms with Gasteiger partial charge < -0.3 is 15.8 Å². The number of thioether (sulfide) groups is 1. The third-order valence-corrected chi connectivity index (χ3v) is 3.68. The van der Waals surface area contributed by atoms with Crippen LogP contribution in [0.25, 0.3) is 0 Å². The Morgan fingerprint density at radius 2 is 2.21 bits per heavy atom. The van der Waals surface area contributed by atoms with Crippen molar-refractivity contribution >= 4 is 29.0 Å². The summed E-state index contributed by atoms with van der Waals surface area (Å²) in [7, 11) is 1.70. The van der Waals surface area contributed by atoms with E-state index in [1.54, 1.807) is 13.2 Å². The number of benzene rings is 1. The molecule has 1 rings (SSSR count). The number of nitrogens with one attached hydrogen (secondary N) is 1. The summed E-state index contributed by atoms with van der Waals surface area (Å²) >= 11 is 1.81. The quantitative estimate of drug-likeness (QED) is 0.568. The summed E-state index contributed by atoms with van der Waals surface area (Å²) in [5.41, 5.74) is 8.21. The van der Waals surface area contributed by atoms with Crippen LogP contribution in [0.5, 0.6) is 0 Å². The minimum atomic E-state index is 0.0558. The van der Waals surface area contributed by atoms with E-state index < -0.39 is 0 Å². The minimum Gasteiger partial charge on any atom is -0.399 e. The third-order valence-electron chi connectivity index (χ3n) is 2.65. The first kappa shape index (κ1) is 15.9. The zero-order chi connectivity index (χ0) is 14.1. The smallest absolute Gasteiger partial charge is 0.224 e. The number of aryl methyl sites for hydroxylation is 1. The van der Waals surface area contributed by atoms with E-state index >= 15 is 0 Å². The third kappa shape index (κ3) is 6.50. The Bertz CT molecular complexity index is 410. The lowest BCUT2D eigenvalue weighted by Gasteiger charge is -2.09. The lowest BCUT2D eigenvalue weighted by atomic mass is 10.1. The first-order valence-electron chi connectivity index (χ1n) is 6.36. The molecule has 0 bridgehead atoms. The predicted octanol–water partition coefficient (Wildman–Crippen LogP) is 2.68. The molecule has 1 aromatic rings. The number of methoxy groups -OCH3 is 1. The van der Waals surface area contributed by atoms with Crippen molar-refractivity contribution in [2.24, 2.45) is 0 Å². The molecule has 1 amide bonds. The molecule has 0 spiro atoms. The molecule has 0 fully saturated rings. The Morgan fingerprint density at radius 1 is 1.42 bits per heavy atom. The molecule has 5 heteroatoms. The van der Waals surface area contributed by atoms with E-state index in [4.69, 9.17) is 10.5 Å². The molecule has 0 atom stereocenters. The summed E-state index contributed by atoms with van der Waals surface area (Å²) in [6, 6.07) is 5.50. The van der Waals surface area contributed by atoms with E-state index in [1.807, 2.05) is 30.8 Å². The molecule has 1 aromatic carbocycles. The number of amides is 1. The topological polar surface area (TPSA) is 64.3 Å². The average Bonchev–Trinajstić information content (AvgIpc) is 2.37. The Balaban J connectivity index is 2.23. The largest absolute Gasteiger partial charge is 0.399 e. The Kier molecular flexibility index (Phi) is 7.36. The average molecular weight is 282 g/mol. The lowest BCUT2D eigenvalue weighted by molar-refractivity contribution is -0.116. The van der Waals surface area contributed by atoms with Crippen LogP contribution in [-0.4, -0.2) is 31.1 Å². The molecule has 0 aliphatic carbocycles. The van der Waals surface area contributed by atoms with Crippen LogP contribution in [0, 0.1) is 6.92 Å². The van der Waals surface area contributed by atoms with Crippen molar-refractivity contribution < 1.29 is 9.53 Å². The highest BCUT2D eigenvalue weighted by Crippen LogP contribution is 2.18. The second-order valence-corrected chi connectivity index (χ2v) is 5.56. The van der Waals surface area contributed by atoms with E-state index in [1.165, 1.54) is 0 Å². The van der Waals surface area contributed by atoms with E-state index in [0.717, 1.165) is 35.8 Å². The van der Waals surface area contributed by atoms with Gasteiger partial charge in [0.15, 0.2) is 0 Å². The first-order chi connectivity index (χ1) is 9.13. The number of rotatable bonds is 8. The van der Waals surface area contributed by atoms with Gasteiger partial charge in [-0.25, -0.2) is 0 Å². The van der Waals surface area contributed by atoms with Crippen LogP contribution in [0.15, 0.2) is 18.2 Å². The molecular weight excluding hydrogens is 260 g/mol. The highest BCUT2D eigenvalue weighted by Gasteiger charge is 2.04. The number of hydrogen-bond donors (Lipinski definition) is 2. The minimum absolute atomic E-state index is 0.0558. The van der Waals surface area contributed by atoms with Gasteiger partial charge in [-0.3, -0.25) is 4.79 Å². The molecule has 0 saturated carbocycles. The molecule has 106 valence electrons. The number of hydrogen-bond acceptors (Lipinski definition) is 4. The summed E-state index contributed by atoms with van der Waals surface area (Å²) < 4.78 is 4.96. The van der Waals surface area contributed by atoms with Crippen LogP contribution < -0.4 is 11.1 Å². The number of carbonyl (C=O) groups is 1. The molecule has 0 aromatic heterocycles. The first-order valence-corrected chi connectivity index (χ1v) is 7.51. The van der Waals surface area contributed by atoms with Gasteiger partial charge in [0.2, 0.25) is 5.91 Å². The summed E-state index contributed by atoms with van der Waals surface area (Å²) in [6.45, 7) is 2.70. The second kappa shape index (κ2) is 8.82. The fourth-order valence-electron chi connectivity index (χ4n) is 1.62. The van der Waals surface area contributed by atoms with Gasteiger partial charge in [-0.15, -0.1) is 0 Å². The highest BCUT2D eigenvalue weighted by molar-refractivity contribution is 7.99. The van der Waals surface area contributed by atoms with Gasteiger partial charge >= 0.3 is 0 Å². The monoisotopic (exact) mass is 282 g/mol. The number of nitrogens with two attached hydrogens (primary N) is 1. The van der Waals surface area contributed by atoms with E-state index in [-0.39, 0.29) is 5.91 Å². The van der Waals surface area contributed by atoms with Gasteiger partial charge in [0, 0.05) is 30.7 Å². The molecule has 4 nitrogen and oxygen atoms in total. The zero-order valence-corrected chi connectivity index (χ0v) is 12.4. The molecule has 3 N–H and O–H groups in total. The van der Waals surface area contributed by atoms with Crippen molar-refractivity contribution in [1.82, 2.24) is 0 Å². The van der Waals surface area contributed by atoms with Gasteiger partial charge in [-0.05, 0) is 42.9 Å². The lowest BCUT2D eigenvalue weighted by Crippen LogP contribution is -2.12. The number of anilines is 2. The Morgan fingerprint density at radius 3 is 2.89 bits per heavy atom. The van der Waals surface area contributed by atoms with Gasteiger partial charge in [0.25, 0.3) is 0 Å². The van der Waals surface area contributed by atoms with Crippen molar-refractivity contribution in [2.75, 3.05) is 36.3 Å². The van der Waals surface area contributed by atoms with Crippen LogP contribution in [0.4, 0.5) is 11.4 Å². The van der Waals surface area contributed by atoms with Gasteiger partial charge in [0.05, 0.1) is 6.61 Å². The van der Waals surface area contributed by atoms with Crippen LogP contribution in [0.1, 0.15) is 18.4 Å². The maximum atomic E-state index is 11.8. The molecule has 0 unspecified atom stereocenters. The molecule has 0 aliphatic heterocycles. The molecule has 0 aliphatic rings. The SMILES string of the molecule is COCCSCCCC(=O)Nc1ccc(N)cc1C. The maximum absolute atomic E-state index is 11.8. The van der Waals surface area contributed by atoms with E-state index in [2.05, 4.69) is 5.32 Å². The van der Waals surface area contributed by atoms with E-state index in [9.17, 15) is 4.79 Å². The molecule has 0 saturated heterocycles. The molecule has 19 heavy (non-hydrogen) atoms. The van der Waals surface area contributed by atoms with Crippen molar-refractivity contribution in [3.8, 4) is 0 Å². The summed E-state index contributed by atoms with van der Waals surface area (Å²) in [4.78, 5) is 11.8. The zero-order valence-electron chi connectivity index (χ0n) is 11.6. The van der Waals surface area contributed by atoms with Crippen LogP contribution in [0.3, 0.4) is 0 Å². The van der Waals surface area contributed by atoms with Crippen LogP contribution in [0.2, 0.25) is 0 Å². The molecule has 0 radical (unpaired) electrons. The normalized spacial score (nSPS) is 10.4. The number of nitrogen functional groups attached to an aromatic ring is 1. The fraction of sp³-hybridized carbons (Fsp3) is 0.500. The second-order valence-electron chi connectivity index (χ2n) is 4.33. The molecular formula is C14H22N2O2S. The summed E-state index contributed by atoms with van der Waals surface area (Å²) in [6.07, 6.45) is 1.43. The van der Waals surface area contributed by atoms with Gasteiger partial charge in [-0.1, -0.05) is 0 Å². The van der Waals surface area contributed by atoms with Crippen LogP contribution >= 0.6 is 11.8 Å². The predicted molar refractivity (Wildman–Crippen MR) is 82.7 cm³/mol. The standard InChI is InChI=1S/C14H22N2O2S/c1-11-10-12(15)5-6-13(11)16-14(17)4-3-8-19-9-7-18-2/h5-6,10H,3-4,7-9,15H2,1-2H3,(H,16,17). The van der Waals surface area contributed by atoms with Gasteiger partial charge in [0.1, 0.15) is 0 Å². The fourth-order valence-corrected chi connectivity index (χ4v) is 2.46. The van der Waals surface area contributed by atoms with Crippen molar-refractivity contribution in [3.05, 3.63) is 23.8 Å². The molecule has 0 heterocycles. The highest BCUT2D eigenvalue weighted by atomic mass is 32.2. The number of ether oxygens (including phenoxy) is 1. The van der Waals surface area contributed by atoms with Crippen molar-refractivity contribution in [3.63, 3.8) is 0 Å². The Labute approximate surface area is 119 Å². The summed E-state index contributed by atoms with van der Waals surface area (Å²) in [5, 5.41) is 2.91. The van der Waals surface area contributed by atoms with Gasteiger partial charge in [-0.2, -0.15) is 11.8 Å². The Hall–Kier alpha value is -1.20. The number of carbonyl (C=O) groups excluding carboxylic acids is 1. The van der Waals surface area contributed by atoms with Crippen molar-refractivity contribution in [1.29, 1.82) is 0 Å². The van der Waals surface area contributed by atoms with Crippen LogP contribution in [-0.2, 0) is 9.53 Å². The van der Waals surface area contributed by atoms with E-state index in [0.29, 0.717) is 12.1 Å². The van der Waals surface area contributed by atoms with Crippen molar-refractivity contribution in [2.45, 2.75) is 19.8 Å². The summed E-state index contributed by atoms with van der Waals surface area (Å²) in [5.74, 6) is 2.02.